The van der Waals surface area contributed by atoms with Gasteiger partial charge in [0.1, 0.15) is 11.8 Å². The van der Waals surface area contributed by atoms with E-state index in [9.17, 15) is 0 Å². The molecule has 0 atom stereocenters. The number of nitrogens with zero attached hydrogens (tertiary/aromatic N) is 2. The minimum absolute atomic E-state index is 0.526. The molecule has 2 nitrogen and oxygen atoms in total. The molecule has 0 radical (unpaired) electrons. The minimum Gasteiger partial charge on any atom is -0.275 e. The van der Waals surface area contributed by atoms with Crippen LogP contribution < -0.4 is 0 Å². The van der Waals surface area contributed by atoms with E-state index in [0.717, 1.165) is 0 Å². The Bertz CT molecular complexity index is 265. The van der Waals surface area contributed by atoms with E-state index in [-0.39, 0.29) is 0 Å². The van der Waals surface area contributed by atoms with Crippen LogP contribution in [0.4, 0.5) is 0 Å². The van der Waals surface area contributed by atoms with Crippen LogP contribution in [0.1, 0.15) is 54.9 Å². The maximum Gasteiger partial charge on any atom is 0.114 e. The Kier molecular flexibility index (Phi) is 24.8. The van der Waals surface area contributed by atoms with Crippen molar-refractivity contribution in [3.8, 4) is 6.07 Å². The van der Waals surface area contributed by atoms with E-state index in [4.69, 9.17) is 5.26 Å². The molecule has 0 amide bonds. The van der Waals surface area contributed by atoms with E-state index < -0.39 is 0 Å². The maximum absolute atomic E-state index is 8.37. The molecule has 0 spiro atoms. The maximum atomic E-state index is 8.37. The van der Waals surface area contributed by atoms with Crippen molar-refractivity contribution in [3.63, 3.8) is 0 Å². The quantitative estimate of drug-likeness (QED) is 0.505. The predicted molar refractivity (Wildman–Crippen MR) is 79.5 cm³/mol. The number of allylic oxidation sites excluding steroid dienone is 3. The highest BCUT2D eigenvalue weighted by molar-refractivity contribution is 5.96. The van der Waals surface area contributed by atoms with Crippen molar-refractivity contribution in [2.24, 2.45) is 4.99 Å². The van der Waals surface area contributed by atoms with E-state index in [1.165, 1.54) is 12.0 Å². The van der Waals surface area contributed by atoms with Gasteiger partial charge in [-0.15, -0.1) is 0 Å². The fourth-order valence-corrected chi connectivity index (χ4v) is 0.560. The van der Waals surface area contributed by atoms with Crippen LogP contribution in [-0.2, 0) is 0 Å². The van der Waals surface area contributed by atoms with E-state index in [1.807, 2.05) is 52.0 Å². The van der Waals surface area contributed by atoms with Gasteiger partial charge in [0.15, 0.2) is 0 Å². The zero-order valence-corrected chi connectivity index (χ0v) is 12.5. The summed E-state index contributed by atoms with van der Waals surface area (Å²) in [4.78, 5) is 3.99. The Balaban J connectivity index is -0.000000337. The highest BCUT2D eigenvalue weighted by Crippen LogP contribution is 1.93. The summed E-state index contributed by atoms with van der Waals surface area (Å²) < 4.78 is 0. The van der Waals surface area contributed by atoms with Crippen molar-refractivity contribution in [2.45, 2.75) is 54.9 Å². The van der Waals surface area contributed by atoms with Gasteiger partial charge in [-0.2, -0.15) is 5.26 Å². The highest BCUT2D eigenvalue weighted by Gasteiger charge is 1.81. The monoisotopic (exact) mass is 236 g/mol. The van der Waals surface area contributed by atoms with Crippen LogP contribution in [0.15, 0.2) is 28.8 Å². The smallest absolute Gasteiger partial charge is 0.114 e. The fraction of sp³-hybridized carbons (Fsp3) is 0.600. The molecule has 0 aliphatic carbocycles. The average molecular weight is 236 g/mol. The van der Waals surface area contributed by atoms with E-state index in [2.05, 4.69) is 18.8 Å². The molecule has 0 fully saturated rings. The lowest BCUT2D eigenvalue weighted by molar-refractivity contribution is 1.09. The molecule has 0 rings (SSSR count). The number of hydrogen-bond donors (Lipinski definition) is 0. The Labute approximate surface area is 108 Å². The molecule has 2 heteroatoms. The zero-order valence-electron chi connectivity index (χ0n) is 12.5. The Morgan fingerprint density at radius 1 is 1.24 bits per heavy atom. The Morgan fingerprint density at radius 2 is 1.71 bits per heavy atom. The van der Waals surface area contributed by atoms with Gasteiger partial charge >= 0.3 is 0 Å². The van der Waals surface area contributed by atoms with Crippen LogP contribution in [0.25, 0.3) is 0 Å². The molecule has 0 aromatic carbocycles. The van der Waals surface area contributed by atoms with Crippen molar-refractivity contribution in [3.05, 3.63) is 23.8 Å². The van der Waals surface area contributed by atoms with Gasteiger partial charge in [0.25, 0.3) is 0 Å². The Morgan fingerprint density at radius 3 is 2.06 bits per heavy atom. The largest absolute Gasteiger partial charge is 0.275 e. The minimum atomic E-state index is 0.526. The van der Waals surface area contributed by atoms with E-state index in [0.29, 0.717) is 12.3 Å². The molecule has 0 N–H and O–H groups in total. The lowest BCUT2D eigenvalue weighted by Crippen LogP contribution is -1.85. The number of hydrogen-bond acceptors (Lipinski definition) is 2. The lowest BCUT2D eigenvalue weighted by atomic mass is 10.3. The van der Waals surface area contributed by atoms with Crippen LogP contribution in [0.5, 0.6) is 0 Å². The first-order valence-corrected chi connectivity index (χ1v) is 6.32. The van der Waals surface area contributed by atoms with E-state index >= 15 is 0 Å². The van der Waals surface area contributed by atoms with Crippen molar-refractivity contribution in [1.29, 1.82) is 5.26 Å². The van der Waals surface area contributed by atoms with Gasteiger partial charge in [-0.05, 0) is 20.8 Å². The van der Waals surface area contributed by atoms with Gasteiger partial charge in [-0.25, -0.2) is 0 Å². The third-order valence-corrected chi connectivity index (χ3v) is 1.43. The van der Waals surface area contributed by atoms with Crippen molar-refractivity contribution < 1.29 is 0 Å². The van der Waals surface area contributed by atoms with Gasteiger partial charge in [0.05, 0.1) is 6.54 Å². The number of nitriles is 1. The summed E-state index contributed by atoms with van der Waals surface area (Å²) in [6.07, 6.45) is 7.21. The fourth-order valence-electron chi connectivity index (χ4n) is 0.560. The third kappa shape index (κ3) is 25.2. The molecule has 0 unspecified atom stereocenters. The summed E-state index contributed by atoms with van der Waals surface area (Å²) in [6, 6.07) is 1.97. The normalized spacial score (nSPS) is 10.9. The second kappa shape index (κ2) is 20.1. The molecule has 17 heavy (non-hydrogen) atoms. The van der Waals surface area contributed by atoms with Gasteiger partial charge in [-0.3, -0.25) is 4.99 Å². The standard InChI is InChI=1S/C10H14N2.C3H8.C2H6/c1-4-9(2)6-5-7-12-10(3)8-11;1-3-2;1-2/h4-6H,7H2,1-3H3;3H2,1-2H3;1-2H3/b6-5?,9-4-,12-10?;;. The molecule has 0 saturated carbocycles. The van der Waals surface area contributed by atoms with Crippen LogP contribution in [-0.4, -0.2) is 12.3 Å². The SMILES string of the molecule is C/C=C(/C)C=CCN=C(C)C#N.CC.CCC. The third-order valence-electron chi connectivity index (χ3n) is 1.43. The molecule has 0 saturated heterocycles. The topological polar surface area (TPSA) is 36.1 Å². The molecule has 98 valence electrons. The first-order chi connectivity index (χ1) is 8.12. The van der Waals surface area contributed by atoms with Gasteiger partial charge < -0.3 is 0 Å². The molecule has 0 aromatic heterocycles. The zero-order chi connectivity index (χ0) is 14.1. The van der Waals surface area contributed by atoms with Gasteiger partial charge in [-0.1, -0.05) is 57.9 Å². The Hall–Kier alpha value is -1.36. The highest BCUT2D eigenvalue weighted by atomic mass is 14.7. The first-order valence-electron chi connectivity index (χ1n) is 6.32. The lowest BCUT2D eigenvalue weighted by Gasteiger charge is -1.87. The van der Waals surface area contributed by atoms with Crippen molar-refractivity contribution >= 4 is 5.71 Å². The first kappa shape index (κ1) is 21.0. The van der Waals surface area contributed by atoms with Crippen molar-refractivity contribution in [2.75, 3.05) is 6.54 Å². The molecule has 0 heterocycles. The summed E-state index contributed by atoms with van der Waals surface area (Å²) in [5.74, 6) is 0. The summed E-state index contributed by atoms with van der Waals surface area (Å²) in [5.41, 5.74) is 1.73. The number of aliphatic imine (C=N–C) groups is 1. The van der Waals surface area contributed by atoms with Crippen molar-refractivity contribution in [1.82, 2.24) is 0 Å². The average Bonchev–Trinajstić information content (AvgIpc) is 2.37. The molecule has 0 aliphatic heterocycles. The summed E-state index contributed by atoms with van der Waals surface area (Å²) in [7, 11) is 0. The van der Waals surface area contributed by atoms with Gasteiger partial charge in [0.2, 0.25) is 0 Å². The van der Waals surface area contributed by atoms with Gasteiger partial charge in [0, 0.05) is 0 Å². The molecule has 0 aromatic rings. The molecule has 0 bridgehead atoms. The van der Waals surface area contributed by atoms with E-state index in [1.54, 1.807) is 6.92 Å². The van der Waals surface area contributed by atoms with Crippen LogP contribution >= 0.6 is 0 Å². The second-order valence-corrected chi connectivity index (χ2v) is 3.18. The molecular formula is C15H28N2. The van der Waals surface area contributed by atoms with Crippen LogP contribution in [0.3, 0.4) is 0 Å². The summed E-state index contributed by atoms with van der Waals surface area (Å²) in [5, 5.41) is 8.37. The predicted octanol–water partition coefficient (Wildman–Crippen LogP) is 4.94. The second-order valence-electron chi connectivity index (χ2n) is 3.18. The molecule has 0 aliphatic rings. The summed E-state index contributed by atoms with van der Waals surface area (Å²) in [6.45, 7) is 14.6. The molecular weight excluding hydrogens is 208 g/mol. The summed E-state index contributed by atoms with van der Waals surface area (Å²) >= 11 is 0. The van der Waals surface area contributed by atoms with Crippen LogP contribution in [0.2, 0.25) is 0 Å². The van der Waals surface area contributed by atoms with Crippen LogP contribution in [0, 0.1) is 11.3 Å². The number of rotatable bonds is 3.